The van der Waals surface area contributed by atoms with Gasteiger partial charge in [0, 0.05) is 43.8 Å². The minimum atomic E-state index is -4.58. The molecule has 1 fully saturated rings. The van der Waals surface area contributed by atoms with Crippen molar-refractivity contribution < 1.29 is 22.7 Å². The molecule has 3 aromatic rings. The fourth-order valence-electron chi connectivity index (χ4n) is 4.01. The van der Waals surface area contributed by atoms with Crippen LogP contribution in [0.25, 0.3) is 11.0 Å². The van der Waals surface area contributed by atoms with E-state index in [0.29, 0.717) is 22.3 Å². The second-order valence-corrected chi connectivity index (χ2v) is 10.0. The first-order valence-electron chi connectivity index (χ1n) is 11.4. The number of fused-ring (bicyclic) bond motifs is 1. The second kappa shape index (κ2) is 9.65. The normalized spacial score (nSPS) is 14.8. The van der Waals surface area contributed by atoms with E-state index in [4.69, 9.17) is 16.3 Å². The summed E-state index contributed by atoms with van der Waals surface area (Å²) in [5.41, 5.74) is 1.22. The van der Waals surface area contributed by atoms with Crippen molar-refractivity contribution in [2.24, 2.45) is 0 Å². The van der Waals surface area contributed by atoms with Gasteiger partial charge in [-0.3, -0.25) is 4.98 Å². The molecular weight excluding hydrogens is 495 g/mol. The number of carbonyl (C=O) groups is 1. The van der Waals surface area contributed by atoms with Crippen molar-refractivity contribution in [2.45, 2.75) is 39.5 Å². The summed E-state index contributed by atoms with van der Waals surface area (Å²) in [6.07, 6.45) is -3.42. The molecule has 11 heteroatoms. The number of amides is 1. The number of aromatic nitrogens is 2. The SMILES string of the molecule is Cc1cnc2ccc(Cl)nc2c1Nc1ccc(N2CCN(C(=O)OC(C)(C)C)CC2)c(C(F)(F)F)c1. The van der Waals surface area contributed by atoms with Gasteiger partial charge in [0.1, 0.15) is 16.3 Å². The molecule has 1 aliphatic rings. The third kappa shape index (κ3) is 5.75. The molecule has 7 nitrogen and oxygen atoms in total. The molecule has 0 unspecified atom stereocenters. The number of hydrogen-bond acceptors (Lipinski definition) is 6. The van der Waals surface area contributed by atoms with Gasteiger partial charge in [0.25, 0.3) is 0 Å². The Morgan fingerprint density at radius 1 is 1.08 bits per heavy atom. The summed E-state index contributed by atoms with van der Waals surface area (Å²) in [6, 6.07) is 7.45. The Labute approximate surface area is 212 Å². The quantitative estimate of drug-likeness (QED) is 0.401. The number of aryl methyl sites for hydroxylation is 1. The van der Waals surface area contributed by atoms with Crippen LogP contribution >= 0.6 is 11.6 Å². The molecule has 0 bridgehead atoms. The number of rotatable bonds is 3. The highest BCUT2D eigenvalue weighted by Crippen LogP contribution is 2.40. The van der Waals surface area contributed by atoms with E-state index >= 15 is 0 Å². The maximum absolute atomic E-state index is 14.1. The lowest BCUT2D eigenvalue weighted by atomic mass is 10.1. The Morgan fingerprint density at radius 2 is 1.78 bits per heavy atom. The van der Waals surface area contributed by atoms with E-state index in [2.05, 4.69) is 15.3 Å². The number of alkyl halides is 3. The molecule has 1 aromatic carbocycles. The summed E-state index contributed by atoms with van der Waals surface area (Å²) in [4.78, 5) is 24.1. The molecule has 0 saturated carbocycles. The summed E-state index contributed by atoms with van der Waals surface area (Å²) in [6.45, 7) is 8.15. The number of anilines is 3. The van der Waals surface area contributed by atoms with E-state index in [-0.39, 0.29) is 42.7 Å². The van der Waals surface area contributed by atoms with Crippen LogP contribution in [-0.4, -0.2) is 52.7 Å². The predicted octanol–water partition coefficient (Wildman–Crippen LogP) is 6.41. The van der Waals surface area contributed by atoms with Crippen LogP contribution in [0.4, 0.5) is 35.0 Å². The van der Waals surface area contributed by atoms with E-state index in [1.54, 1.807) is 57.0 Å². The van der Waals surface area contributed by atoms with Crippen LogP contribution in [0.5, 0.6) is 0 Å². The fraction of sp³-hybridized carbons (Fsp3) is 0.400. The summed E-state index contributed by atoms with van der Waals surface area (Å²) in [5, 5.41) is 3.34. The molecule has 0 spiro atoms. The van der Waals surface area contributed by atoms with Crippen LogP contribution in [0.1, 0.15) is 31.9 Å². The van der Waals surface area contributed by atoms with Gasteiger partial charge in [0.2, 0.25) is 0 Å². The highest BCUT2D eigenvalue weighted by Gasteiger charge is 2.36. The largest absolute Gasteiger partial charge is 0.444 e. The predicted molar refractivity (Wildman–Crippen MR) is 134 cm³/mol. The number of halogens is 4. The minimum absolute atomic E-state index is 0.0642. The van der Waals surface area contributed by atoms with Crippen LogP contribution in [0, 0.1) is 6.92 Å². The summed E-state index contributed by atoms with van der Waals surface area (Å²) < 4.78 is 47.7. The molecule has 4 rings (SSSR count). The van der Waals surface area contributed by atoms with Gasteiger partial charge in [0.05, 0.1) is 16.8 Å². The molecule has 2 aromatic heterocycles. The molecule has 0 aliphatic carbocycles. The molecule has 1 N–H and O–H groups in total. The van der Waals surface area contributed by atoms with Gasteiger partial charge in [-0.25, -0.2) is 9.78 Å². The van der Waals surface area contributed by atoms with E-state index in [0.717, 1.165) is 6.07 Å². The van der Waals surface area contributed by atoms with Crippen molar-refractivity contribution in [3.05, 3.63) is 52.8 Å². The standard InChI is InChI=1S/C25H27ClF3N5O2/c1-15-14-30-18-6-8-20(26)32-22(18)21(15)31-16-5-7-19(17(13-16)25(27,28)29)33-9-11-34(12-10-33)23(35)36-24(2,3)4/h5-8,13-14H,9-12H2,1-4H3,(H,30,31). The van der Waals surface area contributed by atoms with Crippen LogP contribution < -0.4 is 10.2 Å². The second-order valence-electron chi connectivity index (χ2n) is 9.63. The number of benzene rings is 1. The van der Waals surface area contributed by atoms with Gasteiger partial charge in [-0.15, -0.1) is 0 Å². The third-order valence-corrected chi connectivity index (χ3v) is 5.92. The smallest absolute Gasteiger partial charge is 0.418 e. The lowest BCUT2D eigenvalue weighted by molar-refractivity contribution is -0.137. The zero-order valence-electron chi connectivity index (χ0n) is 20.4. The Bertz CT molecular complexity index is 1280. The highest BCUT2D eigenvalue weighted by molar-refractivity contribution is 6.29. The first kappa shape index (κ1) is 25.8. The lowest BCUT2D eigenvalue weighted by Crippen LogP contribution is -2.50. The van der Waals surface area contributed by atoms with Crippen LogP contribution in [0.3, 0.4) is 0 Å². The first-order chi connectivity index (χ1) is 16.8. The molecule has 1 saturated heterocycles. The fourth-order valence-corrected chi connectivity index (χ4v) is 4.16. The number of nitrogens with zero attached hydrogens (tertiary/aromatic N) is 4. The van der Waals surface area contributed by atoms with E-state index in [1.165, 1.54) is 11.0 Å². The zero-order chi connectivity index (χ0) is 26.3. The molecule has 192 valence electrons. The molecule has 3 heterocycles. The van der Waals surface area contributed by atoms with Crippen LogP contribution in [-0.2, 0) is 10.9 Å². The average molecular weight is 522 g/mol. The molecule has 1 amide bonds. The number of ether oxygens (including phenoxy) is 1. The van der Waals surface area contributed by atoms with Crippen molar-refractivity contribution in [3.63, 3.8) is 0 Å². The Balaban J connectivity index is 1.59. The first-order valence-corrected chi connectivity index (χ1v) is 11.8. The van der Waals surface area contributed by atoms with E-state index < -0.39 is 23.4 Å². The third-order valence-electron chi connectivity index (χ3n) is 5.71. The van der Waals surface area contributed by atoms with Gasteiger partial charge in [0.15, 0.2) is 0 Å². The summed E-state index contributed by atoms with van der Waals surface area (Å²) in [5.74, 6) is 0. The van der Waals surface area contributed by atoms with Gasteiger partial charge < -0.3 is 19.9 Å². The van der Waals surface area contributed by atoms with Gasteiger partial charge >= 0.3 is 12.3 Å². The summed E-state index contributed by atoms with van der Waals surface area (Å²) >= 11 is 6.05. The van der Waals surface area contributed by atoms with E-state index in [1.807, 2.05) is 0 Å². The topological polar surface area (TPSA) is 70.6 Å². The van der Waals surface area contributed by atoms with Gasteiger partial charge in [-0.1, -0.05) is 11.6 Å². The van der Waals surface area contributed by atoms with Crippen molar-refractivity contribution in [3.8, 4) is 0 Å². The van der Waals surface area contributed by atoms with Crippen LogP contribution in [0.2, 0.25) is 5.15 Å². The molecule has 36 heavy (non-hydrogen) atoms. The number of carbonyl (C=O) groups excluding carboxylic acids is 1. The molecular formula is C25H27ClF3N5O2. The average Bonchev–Trinajstić information content (AvgIpc) is 2.79. The van der Waals surface area contributed by atoms with Crippen molar-refractivity contribution in [1.29, 1.82) is 0 Å². The number of hydrogen-bond donors (Lipinski definition) is 1. The number of pyridine rings is 2. The Morgan fingerprint density at radius 3 is 2.42 bits per heavy atom. The van der Waals surface area contributed by atoms with Crippen molar-refractivity contribution >= 4 is 45.8 Å². The maximum Gasteiger partial charge on any atom is 0.418 e. The minimum Gasteiger partial charge on any atom is -0.444 e. The zero-order valence-corrected chi connectivity index (χ0v) is 21.2. The lowest BCUT2D eigenvalue weighted by Gasteiger charge is -2.37. The summed E-state index contributed by atoms with van der Waals surface area (Å²) in [7, 11) is 0. The van der Waals surface area contributed by atoms with Crippen molar-refractivity contribution in [1.82, 2.24) is 14.9 Å². The maximum atomic E-state index is 14.1. The monoisotopic (exact) mass is 521 g/mol. The molecule has 0 atom stereocenters. The van der Waals surface area contributed by atoms with E-state index in [9.17, 15) is 18.0 Å². The van der Waals surface area contributed by atoms with Gasteiger partial charge in [-0.2, -0.15) is 13.2 Å². The van der Waals surface area contributed by atoms with Crippen molar-refractivity contribution in [2.75, 3.05) is 36.4 Å². The van der Waals surface area contributed by atoms with Gasteiger partial charge in [-0.05, 0) is 63.6 Å². The number of piperazine rings is 1. The Kier molecular flexibility index (Phi) is 6.92. The molecule has 1 aliphatic heterocycles. The van der Waals surface area contributed by atoms with Crippen LogP contribution in [0.15, 0.2) is 36.5 Å². The number of nitrogens with one attached hydrogen (secondary N) is 1. The Hall–Kier alpha value is -3.27. The highest BCUT2D eigenvalue weighted by atomic mass is 35.5. The molecule has 0 radical (unpaired) electrons.